The van der Waals surface area contributed by atoms with Crippen molar-refractivity contribution >= 4 is 17.5 Å². The minimum atomic E-state index is -0.274. The summed E-state index contributed by atoms with van der Waals surface area (Å²) in [6.45, 7) is 4.68. The number of amides is 2. The third-order valence-corrected chi connectivity index (χ3v) is 6.14. The summed E-state index contributed by atoms with van der Waals surface area (Å²) in [5.74, 6) is 2.06. The molecule has 1 saturated carbocycles. The molecule has 2 amide bonds. The largest absolute Gasteiger partial charge is 0.494 e. The summed E-state index contributed by atoms with van der Waals surface area (Å²) in [5, 5.41) is 0. The highest BCUT2D eigenvalue weighted by Crippen LogP contribution is 2.38. The molecule has 5 heteroatoms. The Morgan fingerprint density at radius 1 is 1.04 bits per heavy atom. The molecule has 2 saturated heterocycles. The van der Waals surface area contributed by atoms with Crippen molar-refractivity contribution < 1.29 is 14.3 Å². The van der Waals surface area contributed by atoms with Gasteiger partial charge in [0.15, 0.2) is 0 Å². The molecule has 0 aromatic heterocycles. The van der Waals surface area contributed by atoms with Gasteiger partial charge in [0.05, 0.1) is 24.8 Å². The Morgan fingerprint density at radius 3 is 2.31 bits per heavy atom. The van der Waals surface area contributed by atoms with Crippen molar-refractivity contribution in [1.82, 2.24) is 4.90 Å². The molecule has 0 bridgehead atoms. The van der Waals surface area contributed by atoms with E-state index in [0.717, 1.165) is 37.1 Å². The fourth-order valence-corrected chi connectivity index (χ4v) is 4.78. The zero-order chi connectivity index (χ0) is 18.1. The van der Waals surface area contributed by atoms with Gasteiger partial charge >= 0.3 is 0 Å². The number of rotatable bonds is 5. The van der Waals surface area contributed by atoms with E-state index in [4.69, 9.17) is 4.74 Å². The van der Waals surface area contributed by atoms with Crippen LogP contribution in [0, 0.1) is 11.8 Å². The minimum Gasteiger partial charge on any atom is -0.494 e. The van der Waals surface area contributed by atoms with E-state index in [2.05, 4.69) is 11.8 Å². The molecule has 0 radical (unpaired) electrons. The second-order valence-corrected chi connectivity index (χ2v) is 7.89. The highest BCUT2D eigenvalue weighted by molar-refractivity contribution is 6.22. The number of fused-ring (bicyclic) bond motifs is 1. The summed E-state index contributed by atoms with van der Waals surface area (Å²) >= 11 is 0. The van der Waals surface area contributed by atoms with Gasteiger partial charge < -0.3 is 4.74 Å². The van der Waals surface area contributed by atoms with Crippen molar-refractivity contribution in [2.45, 2.75) is 51.5 Å². The summed E-state index contributed by atoms with van der Waals surface area (Å²) < 4.78 is 5.59. The van der Waals surface area contributed by atoms with Gasteiger partial charge in [-0.1, -0.05) is 19.8 Å². The molecule has 2 aliphatic heterocycles. The lowest BCUT2D eigenvalue weighted by Crippen LogP contribution is -2.41. The number of carbonyl (C=O) groups is 2. The molecule has 0 spiro atoms. The standard InChI is InChI=1S/C21H28N2O3/c1-2-11-26-18-9-7-17(8-10-18)23-20(24)12-19(21(23)25)22-13-15-5-3-4-6-16(15)14-22/h7-10,15-16,19H,2-6,11-14H2,1H3/t15-,16+,19-/m1/s1. The van der Waals surface area contributed by atoms with Crippen LogP contribution in [0.4, 0.5) is 5.69 Å². The predicted molar refractivity (Wildman–Crippen MR) is 100 cm³/mol. The zero-order valence-electron chi connectivity index (χ0n) is 15.5. The van der Waals surface area contributed by atoms with E-state index in [1.807, 2.05) is 24.3 Å². The summed E-state index contributed by atoms with van der Waals surface area (Å²) in [7, 11) is 0. The van der Waals surface area contributed by atoms with Gasteiger partial charge in [-0.2, -0.15) is 0 Å². The normalized spacial score (nSPS) is 29.3. The third kappa shape index (κ3) is 3.25. The number of anilines is 1. The maximum atomic E-state index is 13.0. The molecule has 26 heavy (non-hydrogen) atoms. The molecule has 3 atom stereocenters. The predicted octanol–water partition coefficient (Wildman–Crippen LogP) is 3.23. The topological polar surface area (TPSA) is 49.9 Å². The van der Waals surface area contributed by atoms with Crippen molar-refractivity contribution in [2.75, 3.05) is 24.6 Å². The van der Waals surface area contributed by atoms with Crippen molar-refractivity contribution in [2.24, 2.45) is 11.8 Å². The van der Waals surface area contributed by atoms with E-state index in [0.29, 0.717) is 18.7 Å². The molecule has 3 aliphatic rings. The van der Waals surface area contributed by atoms with Crippen LogP contribution >= 0.6 is 0 Å². The Labute approximate surface area is 155 Å². The van der Waals surface area contributed by atoms with Crippen molar-refractivity contribution in [3.05, 3.63) is 24.3 Å². The van der Waals surface area contributed by atoms with Crippen LogP contribution in [0.1, 0.15) is 45.4 Å². The highest BCUT2D eigenvalue weighted by atomic mass is 16.5. The summed E-state index contributed by atoms with van der Waals surface area (Å²) in [4.78, 5) is 29.2. The Hall–Kier alpha value is -1.88. The highest BCUT2D eigenvalue weighted by Gasteiger charge is 2.46. The van der Waals surface area contributed by atoms with Gasteiger partial charge in [0.2, 0.25) is 5.91 Å². The van der Waals surface area contributed by atoms with E-state index in [-0.39, 0.29) is 17.9 Å². The first-order valence-electron chi connectivity index (χ1n) is 10.0. The summed E-state index contributed by atoms with van der Waals surface area (Å²) in [5.41, 5.74) is 0.656. The zero-order valence-corrected chi connectivity index (χ0v) is 15.5. The lowest BCUT2D eigenvalue weighted by Gasteiger charge is -2.23. The number of benzene rings is 1. The van der Waals surface area contributed by atoms with Crippen LogP contribution in [0.5, 0.6) is 5.75 Å². The lowest BCUT2D eigenvalue weighted by molar-refractivity contribution is -0.122. The first-order chi connectivity index (χ1) is 12.7. The molecule has 2 heterocycles. The van der Waals surface area contributed by atoms with Crippen molar-refractivity contribution in [3.8, 4) is 5.75 Å². The quantitative estimate of drug-likeness (QED) is 0.760. The van der Waals surface area contributed by atoms with Gasteiger partial charge in [-0.05, 0) is 55.4 Å². The number of carbonyl (C=O) groups excluding carboxylic acids is 2. The number of ether oxygens (including phenoxy) is 1. The average Bonchev–Trinajstić information content (AvgIpc) is 3.21. The first kappa shape index (κ1) is 17.5. The molecular formula is C21H28N2O3. The Balaban J connectivity index is 1.45. The smallest absolute Gasteiger partial charge is 0.251 e. The van der Waals surface area contributed by atoms with Gasteiger partial charge in [-0.3, -0.25) is 14.5 Å². The third-order valence-electron chi connectivity index (χ3n) is 6.14. The number of imide groups is 1. The molecule has 1 aromatic rings. The molecule has 1 aromatic carbocycles. The molecule has 140 valence electrons. The van der Waals surface area contributed by atoms with Crippen LogP contribution in [-0.2, 0) is 9.59 Å². The average molecular weight is 356 g/mol. The van der Waals surface area contributed by atoms with Crippen LogP contribution in [0.25, 0.3) is 0 Å². The molecule has 0 N–H and O–H groups in total. The number of likely N-dealkylation sites (tertiary alicyclic amines) is 1. The molecule has 5 nitrogen and oxygen atoms in total. The van der Waals surface area contributed by atoms with Gasteiger partial charge in [-0.25, -0.2) is 4.90 Å². The van der Waals surface area contributed by atoms with Crippen LogP contribution in [-0.4, -0.2) is 42.5 Å². The van der Waals surface area contributed by atoms with Gasteiger partial charge in [-0.15, -0.1) is 0 Å². The van der Waals surface area contributed by atoms with Gasteiger partial charge in [0.25, 0.3) is 5.91 Å². The number of hydrogen-bond donors (Lipinski definition) is 0. The van der Waals surface area contributed by atoms with Crippen LogP contribution in [0.15, 0.2) is 24.3 Å². The monoisotopic (exact) mass is 356 g/mol. The maximum absolute atomic E-state index is 13.0. The maximum Gasteiger partial charge on any atom is 0.251 e. The van der Waals surface area contributed by atoms with E-state index >= 15 is 0 Å². The summed E-state index contributed by atoms with van der Waals surface area (Å²) in [6, 6.07) is 7.02. The molecule has 3 fully saturated rings. The lowest BCUT2D eigenvalue weighted by atomic mass is 9.82. The molecule has 1 aliphatic carbocycles. The first-order valence-corrected chi connectivity index (χ1v) is 10.0. The van der Waals surface area contributed by atoms with Crippen molar-refractivity contribution in [1.29, 1.82) is 0 Å². The van der Waals surface area contributed by atoms with Gasteiger partial charge in [0.1, 0.15) is 5.75 Å². The Bertz CT molecular complexity index is 658. The Kier molecular flexibility index (Phi) is 4.98. The number of hydrogen-bond acceptors (Lipinski definition) is 4. The second-order valence-electron chi connectivity index (χ2n) is 7.89. The van der Waals surface area contributed by atoms with E-state index in [1.54, 1.807) is 0 Å². The molecule has 4 rings (SSSR count). The van der Waals surface area contributed by atoms with E-state index < -0.39 is 0 Å². The van der Waals surface area contributed by atoms with E-state index in [9.17, 15) is 9.59 Å². The van der Waals surface area contributed by atoms with Crippen LogP contribution in [0.2, 0.25) is 0 Å². The van der Waals surface area contributed by atoms with Crippen LogP contribution in [0.3, 0.4) is 0 Å². The van der Waals surface area contributed by atoms with Crippen molar-refractivity contribution in [3.63, 3.8) is 0 Å². The molecule has 0 unspecified atom stereocenters. The SMILES string of the molecule is CCCOc1ccc(N2C(=O)C[C@@H](N3C[C@H]4CCCC[C@H]4C3)C2=O)cc1. The Morgan fingerprint density at radius 2 is 1.69 bits per heavy atom. The minimum absolute atomic E-state index is 0.0594. The summed E-state index contributed by atoms with van der Waals surface area (Å²) in [6.07, 6.45) is 6.44. The number of nitrogens with zero attached hydrogens (tertiary/aromatic N) is 2. The fourth-order valence-electron chi connectivity index (χ4n) is 4.78. The fraction of sp³-hybridized carbons (Fsp3) is 0.619. The molecular weight excluding hydrogens is 328 g/mol. The van der Waals surface area contributed by atoms with E-state index in [1.165, 1.54) is 30.6 Å². The second kappa shape index (κ2) is 7.39. The van der Waals surface area contributed by atoms with Crippen LogP contribution < -0.4 is 9.64 Å². The van der Waals surface area contributed by atoms with Gasteiger partial charge in [0, 0.05) is 13.1 Å².